The maximum absolute atomic E-state index is 5.55. The Morgan fingerprint density at radius 1 is 1.80 bits per heavy atom. The molecule has 1 aliphatic rings. The van der Waals surface area contributed by atoms with Crippen molar-refractivity contribution in [3.05, 3.63) is 0 Å². The summed E-state index contributed by atoms with van der Waals surface area (Å²) in [5.41, 5.74) is 0. The third-order valence-corrected chi connectivity index (χ3v) is 1.47. The van der Waals surface area contributed by atoms with Crippen molar-refractivity contribution in [1.82, 2.24) is 0 Å². The van der Waals surface area contributed by atoms with Gasteiger partial charge >= 0.3 is 0 Å². The Balaban J connectivity index is 2.08. The molecule has 0 amide bonds. The Labute approximate surface area is 37.8 Å². The Kier molecular flexibility index (Phi) is 0.860. The van der Waals surface area contributed by atoms with Crippen LogP contribution in [0.3, 0.4) is 0 Å². The Hall–Kier alpha value is 0.355. The van der Waals surface area contributed by atoms with Crippen molar-refractivity contribution in [2.75, 3.05) is 0 Å². The predicted octanol–water partition coefficient (Wildman–Crippen LogP) is 0.810. The summed E-state index contributed by atoms with van der Waals surface area (Å²) in [7, 11) is 1.25. The molecule has 0 aliphatic carbocycles. The van der Waals surface area contributed by atoms with Gasteiger partial charge in [-0.15, -0.1) is 11.6 Å². The van der Waals surface area contributed by atoms with Gasteiger partial charge in [-0.05, 0) is 0 Å². The molecule has 0 aromatic rings. The molecule has 1 atom stereocenters. The monoisotopic (exact) mass is 88.0 g/mol. The zero-order valence-corrected chi connectivity index (χ0v) is 3.83. The van der Waals surface area contributed by atoms with E-state index in [1.807, 2.05) is 0 Å². The van der Waals surface area contributed by atoms with Crippen LogP contribution in [0.1, 0.15) is 6.42 Å². The van der Waals surface area contributed by atoms with Gasteiger partial charge in [-0.1, -0.05) is 12.7 Å². The highest BCUT2D eigenvalue weighted by molar-refractivity contribution is 6.56. The normalized spacial score (nSPS) is 35.0. The van der Waals surface area contributed by atoms with E-state index in [-0.39, 0.29) is 0 Å². The van der Waals surface area contributed by atoms with Crippen molar-refractivity contribution in [2.24, 2.45) is 0 Å². The highest BCUT2D eigenvalue weighted by Crippen LogP contribution is 2.15. The lowest BCUT2D eigenvalue weighted by atomic mass is 9.57. The summed E-state index contributed by atoms with van der Waals surface area (Å²) < 4.78 is 0. The van der Waals surface area contributed by atoms with Crippen LogP contribution in [0.5, 0.6) is 0 Å². The lowest BCUT2D eigenvalue weighted by molar-refractivity contribution is 0.926. The highest BCUT2D eigenvalue weighted by Gasteiger charge is 2.14. The van der Waals surface area contributed by atoms with E-state index in [1.165, 1.54) is 20.0 Å². The lowest BCUT2D eigenvalue weighted by Gasteiger charge is -2.14. The summed E-state index contributed by atoms with van der Waals surface area (Å²) in [6.07, 6.45) is 2.61. The molecule has 0 saturated carbocycles. The zero-order chi connectivity index (χ0) is 3.70. The number of halogens is 1. The second kappa shape index (κ2) is 1.21. The van der Waals surface area contributed by atoms with E-state index in [2.05, 4.69) is 0 Å². The van der Waals surface area contributed by atoms with Gasteiger partial charge in [-0.3, -0.25) is 0 Å². The largest absolute Gasteiger partial charge is 0.143 e. The maximum atomic E-state index is 5.55. The van der Waals surface area contributed by atoms with Gasteiger partial charge in [-0.25, -0.2) is 0 Å². The van der Waals surface area contributed by atoms with Crippen LogP contribution in [-0.4, -0.2) is 12.6 Å². The Morgan fingerprint density at radius 3 is 2.20 bits per heavy atom. The van der Waals surface area contributed by atoms with Gasteiger partial charge in [0.15, 0.2) is 0 Å². The molecule has 1 aliphatic heterocycles. The molecular weight excluding hydrogens is 82.3 g/mol. The number of rotatable bonds is 0. The molecule has 1 rings (SSSR count). The van der Waals surface area contributed by atoms with Crippen molar-refractivity contribution < 1.29 is 0 Å². The standard InChI is InChI=1S/C3H6BCl/c5-3-1-2-4-3/h3-4H,1-2H2. The molecule has 2 heteroatoms. The van der Waals surface area contributed by atoms with Crippen LogP contribution >= 0.6 is 11.6 Å². The van der Waals surface area contributed by atoms with Gasteiger partial charge in [0.1, 0.15) is 7.28 Å². The molecule has 0 aromatic carbocycles. The third-order valence-electron chi connectivity index (χ3n) is 1.03. The summed E-state index contributed by atoms with van der Waals surface area (Å²) in [5, 5.41) is 0.537. The summed E-state index contributed by atoms with van der Waals surface area (Å²) in [4.78, 5) is 0. The van der Waals surface area contributed by atoms with Crippen LogP contribution in [0, 0.1) is 0 Å². The van der Waals surface area contributed by atoms with Gasteiger partial charge in [0, 0.05) is 5.28 Å². The van der Waals surface area contributed by atoms with E-state index >= 15 is 0 Å². The first-order valence-corrected chi connectivity index (χ1v) is 2.47. The van der Waals surface area contributed by atoms with Gasteiger partial charge in [-0.2, -0.15) is 0 Å². The third kappa shape index (κ3) is 0.598. The lowest BCUT2D eigenvalue weighted by Crippen LogP contribution is -2.20. The molecule has 0 aromatic heterocycles. The first-order chi connectivity index (χ1) is 2.39. The molecule has 1 saturated heterocycles. The minimum absolute atomic E-state index is 0.537. The number of hydrogen-bond acceptors (Lipinski definition) is 0. The molecule has 0 spiro atoms. The molecule has 28 valence electrons. The molecule has 1 heterocycles. The van der Waals surface area contributed by atoms with Crippen LogP contribution < -0.4 is 0 Å². The van der Waals surface area contributed by atoms with Gasteiger partial charge in [0.25, 0.3) is 0 Å². The minimum atomic E-state index is 0.537. The molecular formula is C3H6BCl. The van der Waals surface area contributed by atoms with Crippen molar-refractivity contribution in [1.29, 1.82) is 0 Å². The van der Waals surface area contributed by atoms with E-state index < -0.39 is 0 Å². The van der Waals surface area contributed by atoms with Gasteiger partial charge < -0.3 is 0 Å². The summed E-state index contributed by atoms with van der Waals surface area (Å²) in [6.45, 7) is 0. The molecule has 0 radical (unpaired) electrons. The molecule has 0 nitrogen and oxygen atoms in total. The summed E-state index contributed by atoms with van der Waals surface area (Å²) in [5.74, 6) is 0. The fourth-order valence-electron chi connectivity index (χ4n) is 0.358. The number of hydrogen-bond donors (Lipinski definition) is 0. The minimum Gasteiger partial charge on any atom is -0.132 e. The van der Waals surface area contributed by atoms with Crippen LogP contribution in [0.2, 0.25) is 6.32 Å². The fraction of sp³-hybridized carbons (Fsp3) is 1.00. The van der Waals surface area contributed by atoms with E-state index in [1.54, 1.807) is 0 Å². The van der Waals surface area contributed by atoms with Crippen LogP contribution in [0.4, 0.5) is 0 Å². The van der Waals surface area contributed by atoms with Gasteiger partial charge in [0.2, 0.25) is 0 Å². The smallest absolute Gasteiger partial charge is 0.132 e. The fourth-order valence-corrected chi connectivity index (χ4v) is 0.667. The second-order valence-electron chi connectivity index (χ2n) is 1.53. The quantitative estimate of drug-likeness (QED) is 0.304. The predicted molar refractivity (Wildman–Crippen MR) is 26.2 cm³/mol. The van der Waals surface area contributed by atoms with E-state index in [0.717, 1.165) is 0 Å². The Bertz CT molecular complexity index is 33.9. The topological polar surface area (TPSA) is 0 Å². The van der Waals surface area contributed by atoms with Crippen molar-refractivity contribution >= 4 is 18.9 Å². The average molecular weight is 88.3 g/mol. The SMILES string of the molecule is ClC1BCC1. The van der Waals surface area contributed by atoms with Crippen molar-refractivity contribution in [3.63, 3.8) is 0 Å². The van der Waals surface area contributed by atoms with Crippen molar-refractivity contribution in [3.8, 4) is 0 Å². The first-order valence-electron chi connectivity index (χ1n) is 2.03. The molecule has 1 unspecified atom stereocenters. The van der Waals surface area contributed by atoms with E-state index in [9.17, 15) is 0 Å². The van der Waals surface area contributed by atoms with Crippen molar-refractivity contribution in [2.45, 2.75) is 18.0 Å². The molecule has 1 fully saturated rings. The van der Waals surface area contributed by atoms with Gasteiger partial charge in [0.05, 0.1) is 0 Å². The van der Waals surface area contributed by atoms with Crippen LogP contribution in [-0.2, 0) is 0 Å². The van der Waals surface area contributed by atoms with E-state index in [4.69, 9.17) is 11.6 Å². The highest BCUT2D eigenvalue weighted by atomic mass is 35.5. The molecule has 0 bridgehead atoms. The summed E-state index contributed by atoms with van der Waals surface area (Å²) in [6, 6.07) is 0. The maximum Gasteiger partial charge on any atom is 0.143 e. The summed E-state index contributed by atoms with van der Waals surface area (Å²) >= 11 is 5.55. The van der Waals surface area contributed by atoms with Crippen LogP contribution in [0.15, 0.2) is 0 Å². The zero-order valence-electron chi connectivity index (χ0n) is 3.08. The van der Waals surface area contributed by atoms with Crippen LogP contribution in [0.25, 0.3) is 0 Å². The second-order valence-corrected chi connectivity index (χ2v) is 2.15. The van der Waals surface area contributed by atoms with E-state index in [0.29, 0.717) is 5.28 Å². The number of alkyl halides is 1. The molecule has 0 N–H and O–H groups in total. The average Bonchev–Trinajstić information content (AvgIpc) is 1.30. The Morgan fingerprint density at radius 2 is 2.20 bits per heavy atom. The molecule has 5 heavy (non-hydrogen) atoms. The first kappa shape index (κ1) is 3.54.